The Hall–Kier alpha value is -2.83. The molecule has 0 radical (unpaired) electrons. The molecule has 7 heteroatoms. The maximum absolute atomic E-state index is 11.6. The highest BCUT2D eigenvalue weighted by molar-refractivity contribution is 5.76. The molecule has 0 spiro atoms. The van der Waals surface area contributed by atoms with Crippen LogP contribution >= 0.6 is 0 Å². The lowest BCUT2D eigenvalue weighted by Gasteiger charge is -2.40. The molecule has 1 atom stereocenters. The van der Waals surface area contributed by atoms with Gasteiger partial charge in [-0.15, -0.1) is 10.2 Å². The lowest BCUT2D eigenvalue weighted by atomic mass is 10.1. The lowest BCUT2D eigenvalue weighted by Crippen LogP contribution is -2.53. The molecule has 1 aliphatic heterocycles. The molecule has 7 nitrogen and oxygen atoms in total. The summed E-state index contributed by atoms with van der Waals surface area (Å²) in [4.78, 5) is 15.6. The van der Waals surface area contributed by atoms with Crippen molar-refractivity contribution in [2.75, 3.05) is 30.3 Å². The molecule has 2 aromatic rings. The second-order valence-corrected chi connectivity index (χ2v) is 6.02. The number of phenols is 1. The van der Waals surface area contributed by atoms with Crippen molar-refractivity contribution >= 4 is 17.4 Å². The summed E-state index contributed by atoms with van der Waals surface area (Å²) in [6, 6.07) is 8.93. The van der Waals surface area contributed by atoms with Gasteiger partial charge >= 0.3 is 0 Å². The minimum Gasteiger partial charge on any atom is -0.507 e. The van der Waals surface area contributed by atoms with E-state index in [0.29, 0.717) is 36.7 Å². The fourth-order valence-electron chi connectivity index (χ4n) is 3.11. The molecule has 0 saturated carbocycles. The second-order valence-electron chi connectivity index (χ2n) is 6.02. The first kappa shape index (κ1) is 16.0. The summed E-state index contributed by atoms with van der Waals surface area (Å²) >= 11 is 0. The molecule has 0 bridgehead atoms. The van der Waals surface area contributed by atoms with E-state index in [2.05, 4.69) is 15.1 Å². The van der Waals surface area contributed by atoms with Crippen LogP contribution in [0, 0.1) is 0 Å². The van der Waals surface area contributed by atoms with Crippen LogP contribution in [0.2, 0.25) is 0 Å². The fourth-order valence-corrected chi connectivity index (χ4v) is 3.11. The zero-order valence-corrected chi connectivity index (χ0v) is 13.8. The quantitative estimate of drug-likeness (QED) is 0.867. The van der Waals surface area contributed by atoms with Gasteiger partial charge in [-0.05, 0) is 25.1 Å². The number of hydrogen-bond donors (Lipinski definition) is 2. The predicted molar refractivity (Wildman–Crippen MR) is 92.6 cm³/mol. The van der Waals surface area contributed by atoms with Crippen molar-refractivity contribution < 1.29 is 9.90 Å². The van der Waals surface area contributed by atoms with E-state index < -0.39 is 0 Å². The topological polar surface area (TPSA) is 95.6 Å². The van der Waals surface area contributed by atoms with Gasteiger partial charge in [-0.3, -0.25) is 4.79 Å². The Labute approximate surface area is 140 Å². The van der Waals surface area contributed by atoms with Crippen LogP contribution in [0.4, 0.5) is 11.5 Å². The molecule has 24 heavy (non-hydrogen) atoms. The first-order valence-corrected chi connectivity index (χ1v) is 7.91. The highest BCUT2D eigenvalue weighted by atomic mass is 16.3. The number of rotatable bonds is 2. The van der Waals surface area contributed by atoms with Gasteiger partial charge in [0.15, 0.2) is 5.82 Å². The first-order chi connectivity index (χ1) is 11.5. The number of phenolic OH excluding ortho intramolecular Hbond substituents is 1. The van der Waals surface area contributed by atoms with Crippen molar-refractivity contribution in [2.45, 2.75) is 19.9 Å². The molecule has 1 aliphatic rings. The van der Waals surface area contributed by atoms with Crippen molar-refractivity contribution in [3.8, 4) is 17.0 Å². The number of piperazine rings is 1. The number of nitrogens with two attached hydrogens (primary N) is 1. The highest BCUT2D eigenvalue weighted by Gasteiger charge is 2.27. The third kappa shape index (κ3) is 2.97. The number of carbonyl (C=O) groups is 1. The van der Waals surface area contributed by atoms with E-state index in [4.69, 9.17) is 5.73 Å². The summed E-state index contributed by atoms with van der Waals surface area (Å²) in [5.41, 5.74) is 7.98. The number of anilines is 2. The van der Waals surface area contributed by atoms with Crippen LogP contribution < -0.4 is 10.6 Å². The molecule has 1 unspecified atom stereocenters. The minimum atomic E-state index is 0.0814. The summed E-state index contributed by atoms with van der Waals surface area (Å²) in [6.07, 6.45) is 0. The number of carbonyl (C=O) groups excluding carboxylic acids is 1. The molecular formula is C17H21N5O2. The first-order valence-electron chi connectivity index (χ1n) is 7.91. The molecule has 2 heterocycles. The number of aromatic nitrogens is 2. The fraction of sp³-hybridized carbons (Fsp3) is 0.353. The zero-order valence-electron chi connectivity index (χ0n) is 13.8. The number of amides is 1. The Bertz CT molecular complexity index is 764. The van der Waals surface area contributed by atoms with Crippen molar-refractivity contribution in [1.82, 2.24) is 15.1 Å². The van der Waals surface area contributed by atoms with E-state index in [-0.39, 0.29) is 17.7 Å². The van der Waals surface area contributed by atoms with E-state index in [1.165, 1.54) is 0 Å². The van der Waals surface area contributed by atoms with Gasteiger partial charge in [0.2, 0.25) is 5.91 Å². The van der Waals surface area contributed by atoms with Crippen LogP contribution in [0.1, 0.15) is 13.8 Å². The predicted octanol–water partition coefficient (Wildman–Crippen LogP) is 1.49. The number of nitrogens with zero attached hydrogens (tertiary/aromatic N) is 4. The van der Waals surface area contributed by atoms with Crippen molar-refractivity contribution in [1.29, 1.82) is 0 Å². The van der Waals surface area contributed by atoms with E-state index >= 15 is 0 Å². The van der Waals surface area contributed by atoms with Crippen LogP contribution in [-0.2, 0) is 4.79 Å². The second kappa shape index (κ2) is 6.35. The van der Waals surface area contributed by atoms with E-state index in [9.17, 15) is 9.90 Å². The third-order valence-electron chi connectivity index (χ3n) is 4.35. The Morgan fingerprint density at radius 3 is 2.71 bits per heavy atom. The monoisotopic (exact) mass is 327 g/mol. The van der Waals surface area contributed by atoms with Crippen molar-refractivity contribution in [3.05, 3.63) is 30.3 Å². The average Bonchev–Trinajstić information content (AvgIpc) is 2.55. The molecule has 1 aromatic heterocycles. The number of para-hydroxylation sites is 1. The molecule has 1 saturated heterocycles. The smallest absolute Gasteiger partial charge is 0.219 e. The lowest BCUT2D eigenvalue weighted by molar-refractivity contribution is -0.131. The molecule has 0 aliphatic carbocycles. The summed E-state index contributed by atoms with van der Waals surface area (Å²) in [5, 5.41) is 18.2. The van der Waals surface area contributed by atoms with E-state index in [1.54, 1.807) is 25.1 Å². The van der Waals surface area contributed by atoms with Gasteiger partial charge < -0.3 is 20.6 Å². The Balaban J connectivity index is 1.91. The Kier molecular flexibility index (Phi) is 4.24. The van der Waals surface area contributed by atoms with Gasteiger partial charge in [0.05, 0.1) is 11.4 Å². The summed E-state index contributed by atoms with van der Waals surface area (Å²) in [6.45, 7) is 5.60. The number of nitrogen functional groups attached to an aromatic ring is 1. The highest BCUT2D eigenvalue weighted by Crippen LogP contribution is 2.32. The van der Waals surface area contributed by atoms with Gasteiger partial charge in [-0.2, -0.15) is 0 Å². The van der Waals surface area contributed by atoms with Crippen LogP contribution in [0.5, 0.6) is 5.75 Å². The van der Waals surface area contributed by atoms with Crippen LogP contribution in [-0.4, -0.2) is 51.8 Å². The van der Waals surface area contributed by atoms with E-state index in [0.717, 1.165) is 5.69 Å². The maximum atomic E-state index is 11.6. The Morgan fingerprint density at radius 1 is 1.29 bits per heavy atom. The summed E-state index contributed by atoms with van der Waals surface area (Å²) in [7, 11) is 0. The average molecular weight is 327 g/mol. The molecule has 1 amide bonds. The third-order valence-corrected chi connectivity index (χ3v) is 4.35. The van der Waals surface area contributed by atoms with Gasteiger partial charge in [-0.1, -0.05) is 12.1 Å². The zero-order chi connectivity index (χ0) is 17.3. The molecule has 1 fully saturated rings. The molecular weight excluding hydrogens is 306 g/mol. The summed E-state index contributed by atoms with van der Waals surface area (Å²) < 4.78 is 0. The van der Waals surface area contributed by atoms with Gasteiger partial charge in [0, 0.05) is 38.2 Å². The van der Waals surface area contributed by atoms with Crippen molar-refractivity contribution in [3.63, 3.8) is 0 Å². The number of hydrogen-bond acceptors (Lipinski definition) is 6. The van der Waals surface area contributed by atoms with Crippen LogP contribution in [0.15, 0.2) is 30.3 Å². The van der Waals surface area contributed by atoms with Crippen LogP contribution in [0.3, 0.4) is 0 Å². The normalized spacial score (nSPS) is 17.8. The van der Waals surface area contributed by atoms with Gasteiger partial charge in [0.1, 0.15) is 5.75 Å². The maximum Gasteiger partial charge on any atom is 0.219 e. The van der Waals surface area contributed by atoms with E-state index in [1.807, 2.05) is 24.0 Å². The number of aromatic hydroxyl groups is 1. The summed E-state index contributed by atoms with van der Waals surface area (Å²) in [5.74, 6) is 0.577. The standard InChI is InChI=1S/C17H21N5O2/c1-11-10-21(7-8-22(11)12(2)23)15-9-14(19-20-17(15)18)13-5-3-4-6-16(13)24/h3-6,9,11,24H,7-8,10H2,1-2H3,(H2,18,20). The Morgan fingerprint density at radius 2 is 2.04 bits per heavy atom. The minimum absolute atomic E-state index is 0.0814. The largest absolute Gasteiger partial charge is 0.507 e. The molecule has 1 aromatic carbocycles. The molecule has 3 N–H and O–H groups in total. The molecule has 3 rings (SSSR count). The SMILES string of the molecule is CC(=O)N1CCN(c2cc(-c3ccccc3O)nnc2N)CC1C. The van der Waals surface area contributed by atoms with Gasteiger partial charge in [-0.25, -0.2) is 0 Å². The molecule has 126 valence electrons. The number of benzene rings is 1. The van der Waals surface area contributed by atoms with Gasteiger partial charge in [0.25, 0.3) is 0 Å². The van der Waals surface area contributed by atoms with Crippen molar-refractivity contribution in [2.24, 2.45) is 0 Å². The van der Waals surface area contributed by atoms with Crippen LogP contribution in [0.25, 0.3) is 11.3 Å².